The fourth-order valence-electron chi connectivity index (χ4n) is 5.15. The molecule has 1 aliphatic heterocycles. The number of benzene rings is 3. The summed E-state index contributed by atoms with van der Waals surface area (Å²) in [5, 5.41) is 15.7. The van der Waals surface area contributed by atoms with Crippen LogP contribution < -0.4 is 20.3 Å². The molecule has 4 rings (SSSR count). The van der Waals surface area contributed by atoms with Gasteiger partial charge >= 0.3 is 0 Å². The summed E-state index contributed by atoms with van der Waals surface area (Å²) in [7, 11) is -3.80. The number of carbonyl (C=O) groups is 2. The van der Waals surface area contributed by atoms with E-state index in [0.717, 1.165) is 5.56 Å². The second-order valence-corrected chi connectivity index (χ2v) is 16.0. The molecule has 2 atom stereocenters. The predicted octanol–water partition coefficient (Wildman–Crippen LogP) is 4.83. The van der Waals surface area contributed by atoms with E-state index < -0.39 is 39.1 Å². The lowest BCUT2D eigenvalue weighted by Gasteiger charge is -2.29. The zero-order valence-electron chi connectivity index (χ0n) is 27.1. The number of rotatable bonds is 11. The number of fused-ring (bicyclic) bond motifs is 1. The molecule has 3 aromatic rings. The Bertz CT molecular complexity index is 1670. The molecule has 248 valence electrons. The summed E-state index contributed by atoms with van der Waals surface area (Å²) in [6, 6.07) is 17.5. The van der Waals surface area contributed by atoms with E-state index >= 15 is 0 Å². The zero-order chi connectivity index (χ0) is 33.9. The summed E-state index contributed by atoms with van der Waals surface area (Å²) in [6.45, 7) is 11.2. The summed E-state index contributed by atoms with van der Waals surface area (Å²) < 4.78 is 43.4. The molecule has 4 N–H and O–H groups in total. The van der Waals surface area contributed by atoms with Crippen LogP contribution in [-0.2, 0) is 26.2 Å². The molecule has 0 radical (unpaired) electrons. The van der Waals surface area contributed by atoms with Crippen LogP contribution in [0.25, 0.3) is 11.1 Å². The third-order valence-corrected chi connectivity index (χ3v) is 10.2. The Labute approximate surface area is 275 Å². The second-order valence-electron chi connectivity index (χ2n) is 13.3. The van der Waals surface area contributed by atoms with Gasteiger partial charge in [0.25, 0.3) is 5.91 Å². The maximum atomic E-state index is 14.3. The number of nitrogens with zero attached hydrogens (tertiary/aromatic N) is 1. The van der Waals surface area contributed by atoms with Gasteiger partial charge in [-0.15, -0.1) is 11.8 Å². The van der Waals surface area contributed by atoms with E-state index in [0.29, 0.717) is 28.3 Å². The highest BCUT2D eigenvalue weighted by Gasteiger charge is 2.33. The molecule has 0 aromatic heterocycles. The van der Waals surface area contributed by atoms with Gasteiger partial charge in [-0.05, 0) is 76.9 Å². The lowest BCUT2D eigenvalue weighted by Crippen LogP contribution is -2.52. The van der Waals surface area contributed by atoms with Crippen LogP contribution in [0.2, 0.25) is 0 Å². The van der Waals surface area contributed by atoms with E-state index in [1.165, 1.54) is 23.9 Å². The molecule has 3 aromatic carbocycles. The van der Waals surface area contributed by atoms with Crippen LogP contribution >= 0.6 is 11.8 Å². The average molecular weight is 671 g/mol. The van der Waals surface area contributed by atoms with Gasteiger partial charge in [0.15, 0.2) is 0 Å². The summed E-state index contributed by atoms with van der Waals surface area (Å²) >= 11 is 1.30. The number of anilines is 1. The standard InChI is InChI=1S/C34H43FN4O5S2/c1-22(40)19-36-34(5,6)18-31(41)37-27-21-45-29-17-25(35)15-16-28(29)39(32(27)42)20-23-11-13-24(14-12-23)26-9-7-8-10-30(26)46(43,44)38-33(2,3)4/h7-17,22,27,36,38,40H,18-21H2,1-6H3,(H,37,41)/t22-,27-/m1/s1. The quantitative estimate of drug-likeness (QED) is 0.230. The minimum atomic E-state index is -3.80. The molecule has 0 unspecified atom stereocenters. The van der Waals surface area contributed by atoms with Gasteiger partial charge in [-0.1, -0.05) is 42.5 Å². The minimum absolute atomic E-state index is 0.0830. The van der Waals surface area contributed by atoms with Crippen molar-refractivity contribution in [1.29, 1.82) is 0 Å². The number of carbonyl (C=O) groups excluding carboxylic acids is 2. The number of hydrogen-bond donors (Lipinski definition) is 4. The molecular weight excluding hydrogens is 628 g/mol. The van der Waals surface area contributed by atoms with Gasteiger partial charge in [-0.2, -0.15) is 0 Å². The van der Waals surface area contributed by atoms with Crippen molar-refractivity contribution < 1.29 is 27.5 Å². The molecule has 0 aliphatic carbocycles. The summed E-state index contributed by atoms with van der Waals surface area (Å²) in [5.74, 6) is -0.843. The monoisotopic (exact) mass is 670 g/mol. The molecule has 1 heterocycles. The van der Waals surface area contributed by atoms with Gasteiger partial charge < -0.3 is 20.6 Å². The highest BCUT2D eigenvalue weighted by atomic mass is 32.2. The molecule has 0 saturated heterocycles. The van der Waals surface area contributed by atoms with Crippen LogP contribution in [0.3, 0.4) is 0 Å². The first kappa shape index (κ1) is 35.6. The van der Waals surface area contributed by atoms with Gasteiger partial charge in [0.05, 0.1) is 23.2 Å². The number of nitrogens with one attached hydrogen (secondary N) is 3. The van der Waals surface area contributed by atoms with Gasteiger partial charge in [0, 0.05) is 40.3 Å². The van der Waals surface area contributed by atoms with Crippen LogP contribution in [0.15, 0.2) is 76.5 Å². The van der Waals surface area contributed by atoms with Crippen molar-refractivity contribution in [3.63, 3.8) is 0 Å². The summed E-state index contributed by atoms with van der Waals surface area (Å²) in [6.07, 6.45) is -0.489. The number of thioether (sulfide) groups is 1. The third-order valence-electron chi connectivity index (χ3n) is 7.22. The Kier molecular flexibility index (Phi) is 11.0. The summed E-state index contributed by atoms with van der Waals surface area (Å²) in [4.78, 5) is 29.3. The number of β-amino-alcohol motifs (C(OH)–C–C–N with tert-alkyl or cyclic N) is 1. The number of aliphatic hydroxyl groups is 1. The molecule has 46 heavy (non-hydrogen) atoms. The highest BCUT2D eigenvalue weighted by molar-refractivity contribution is 7.99. The van der Waals surface area contributed by atoms with Crippen molar-refractivity contribution in [2.75, 3.05) is 17.2 Å². The predicted molar refractivity (Wildman–Crippen MR) is 181 cm³/mol. The first-order chi connectivity index (χ1) is 21.4. The van der Waals surface area contributed by atoms with Crippen molar-refractivity contribution in [2.45, 2.75) is 87.5 Å². The Morgan fingerprint density at radius 2 is 1.74 bits per heavy atom. The molecule has 12 heteroatoms. The first-order valence-corrected chi connectivity index (χ1v) is 17.6. The molecule has 0 spiro atoms. The molecule has 2 amide bonds. The zero-order valence-corrected chi connectivity index (χ0v) is 28.7. The Morgan fingerprint density at radius 1 is 1.07 bits per heavy atom. The Morgan fingerprint density at radius 3 is 2.39 bits per heavy atom. The van der Waals surface area contributed by atoms with E-state index in [1.807, 2.05) is 38.1 Å². The van der Waals surface area contributed by atoms with Crippen LogP contribution in [-0.4, -0.2) is 60.9 Å². The topological polar surface area (TPSA) is 128 Å². The maximum absolute atomic E-state index is 14.3. The maximum Gasteiger partial charge on any atom is 0.250 e. The Hall–Kier alpha value is -3.29. The van der Waals surface area contributed by atoms with Crippen LogP contribution in [0.5, 0.6) is 0 Å². The number of sulfonamides is 1. The van der Waals surface area contributed by atoms with Crippen molar-refractivity contribution in [1.82, 2.24) is 15.4 Å². The van der Waals surface area contributed by atoms with Crippen molar-refractivity contribution in [2.24, 2.45) is 0 Å². The van der Waals surface area contributed by atoms with Crippen molar-refractivity contribution in [3.05, 3.63) is 78.1 Å². The van der Waals surface area contributed by atoms with Gasteiger partial charge in [0.1, 0.15) is 11.9 Å². The molecule has 0 bridgehead atoms. The van der Waals surface area contributed by atoms with E-state index in [4.69, 9.17) is 0 Å². The number of halogens is 1. The van der Waals surface area contributed by atoms with Crippen LogP contribution in [0.1, 0.15) is 53.5 Å². The number of aliphatic hydroxyl groups excluding tert-OH is 1. The van der Waals surface area contributed by atoms with Crippen LogP contribution in [0.4, 0.5) is 10.1 Å². The largest absolute Gasteiger partial charge is 0.392 e. The lowest BCUT2D eigenvalue weighted by atomic mass is 9.99. The fourth-order valence-corrected chi connectivity index (χ4v) is 7.89. The number of hydrogen-bond acceptors (Lipinski definition) is 7. The van der Waals surface area contributed by atoms with Gasteiger partial charge in [0.2, 0.25) is 15.9 Å². The highest BCUT2D eigenvalue weighted by Crippen LogP contribution is 2.36. The van der Waals surface area contributed by atoms with Gasteiger partial charge in [-0.25, -0.2) is 17.5 Å². The smallest absolute Gasteiger partial charge is 0.250 e. The summed E-state index contributed by atoms with van der Waals surface area (Å²) in [5.41, 5.74) is 1.27. The van der Waals surface area contributed by atoms with Gasteiger partial charge in [-0.3, -0.25) is 9.59 Å². The van der Waals surface area contributed by atoms with E-state index in [9.17, 15) is 27.5 Å². The van der Waals surface area contributed by atoms with E-state index in [-0.39, 0.29) is 35.4 Å². The van der Waals surface area contributed by atoms with E-state index in [1.54, 1.807) is 62.9 Å². The number of amides is 2. The van der Waals surface area contributed by atoms with E-state index in [2.05, 4.69) is 15.4 Å². The Balaban J connectivity index is 1.58. The van der Waals surface area contributed by atoms with Crippen LogP contribution in [0, 0.1) is 5.82 Å². The fraction of sp³-hybridized carbons (Fsp3) is 0.412. The molecule has 0 fully saturated rings. The molecule has 0 saturated carbocycles. The normalized spacial score (nSPS) is 16.5. The SMILES string of the molecule is C[C@@H](O)CNC(C)(C)CC(=O)N[C@@H]1CSc2cc(F)ccc2N(Cc2ccc(-c3ccccc3S(=O)(=O)NC(C)(C)C)cc2)C1=O. The van der Waals surface area contributed by atoms with Crippen molar-refractivity contribution in [3.8, 4) is 11.1 Å². The lowest BCUT2D eigenvalue weighted by molar-refractivity contribution is -0.127. The average Bonchev–Trinajstić information content (AvgIpc) is 3.07. The minimum Gasteiger partial charge on any atom is -0.392 e. The molecule has 1 aliphatic rings. The second kappa shape index (κ2) is 14.2. The third kappa shape index (κ3) is 9.38. The molecular formula is C34H43FN4O5S2. The first-order valence-electron chi connectivity index (χ1n) is 15.1. The van der Waals surface area contributed by atoms with Crippen molar-refractivity contribution >= 4 is 39.3 Å². The molecule has 9 nitrogen and oxygen atoms in total.